The van der Waals surface area contributed by atoms with Gasteiger partial charge >= 0.3 is 48.1 Å². The van der Waals surface area contributed by atoms with Gasteiger partial charge in [-0.1, -0.05) is 0 Å². The maximum Gasteiger partial charge on any atom is 2.00 e. The molecule has 0 aromatic rings. The third kappa shape index (κ3) is 102. The molecule has 0 aliphatic rings. The first-order valence-corrected chi connectivity index (χ1v) is 2.10. The Kier molecular flexibility index (Phi) is 25.2. The minimum atomic E-state index is -4.67. The van der Waals surface area contributed by atoms with Crippen LogP contribution < -0.4 is 0 Å². The molecule has 0 heterocycles. The first-order chi connectivity index (χ1) is 2.00. The summed E-state index contributed by atoms with van der Waals surface area (Å²) in [6, 6.07) is 0. The molecule has 0 aliphatic carbocycles. The van der Waals surface area contributed by atoms with Crippen LogP contribution in [0.25, 0.3) is 0 Å². The van der Waals surface area contributed by atoms with Crippen LogP contribution in [0.2, 0.25) is 0 Å². The van der Waals surface area contributed by atoms with Gasteiger partial charge in [0.2, 0.25) is 0 Å². The molecule has 0 aromatic carbocycles. The van der Waals surface area contributed by atoms with Crippen molar-refractivity contribution in [3.05, 3.63) is 0 Å². The van der Waals surface area contributed by atoms with Crippen LogP contribution in [0, 0.1) is 0 Å². The second-order valence-electron chi connectivity index (χ2n) is 0.448. The number of hydrogen-bond acceptors (Lipinski definition) is 2. The zero-order chi connectivity index (χ0) is 4.50. The van der Waals surface area contributed by atoms with Gasteiger partial charge in [-0.25, -0.2) is 0 Å². The van der Waals surface area contributed by atoms with E-state index in [0.29, 0.717) is 0 Å². The van der Waals surface area contributed by atoms with Crippen LogP contribution in [0.5, 0.6) is 0 Å². The summed E-state index contributed by atoms with van der Waals surface area (Å²) >= 11 is 0. The fraction of sp³-hybridized carbons (Fsp3) is 0. The molecule has 1 radical (unpaired) electrons. The van der Waals surface area contributed by atoms with Gasteiger partial charge in [0.05, 0.1) is 0 Å². The normalized spacial score (nSPS) is 7.25. The smallest absolute Gasteiger partial charge is 1.00 e. The van der Waals surface area contributed by atoms with Gasteiger partial charge < -0.3 is 2.85 Å². The molecular formula is H5CaClMnO4S. The largest absolute Gasteiger partial charge is 2.00 e. The SMILES string of the molecule is Cl.O=S(=O)(O)O.[Ca+2].[H-].[H-].[Mn]. The molecule has 0 saturated heterocycles. The van der Waals surface area contributed by atoms with Gasteiger partial charge in [-0.3, -0.25) is 9.11 Å². The summed E-state index contributed by atoms with van der Waals surface area (Å²) in [7, 11) is -4.67. The van der Waals surface area contributed by atoms with E-state index in [1.165, 1.54) is 0 Å². The molecule has 0 aromatic heterocycles. The zero-order valence-electron chi connectivity index (χ0n) is 5.61. The number of hydrogen-bond donors (Lipinski definition) is 2. The van der Waals surface area contributed by atoms with Crippen molar-refractivity contribution in [3.63, 3.8) is 0 Å². The standard InChI is InChI=1S/Ca.ClH.Mn.H2O4S.2H/c;;;1-5(2,3)4;;/h;1H;;(H2,1,2,3,4);;/q+2;;;;2*-1. The fourth-order valence-corrected chi connectivity index (χ4v) is 0. The molecule has 0 bridgehead atoms. The topological polar surface area (TPSA) is 74.6 Å². The summed E-state index contributed by atoms with van der Waals surface area (Å²) < 4.78 is 31.6. The van der Waals surface area contributed by atoms with Crippen LogP contribution in [0.3, 0.4) is 0 Å². The van der Waals surface area contributed by atoms with Gasteiger partial charge in [0, 0.05) is 17.1 Å². The number of halogens is 1. The maximum absolute atomic E-state index is 8.74. The predicted molar refractivity (Wildman–Crippen MR) is 29.4 cm³/mol. The van der Waals surface area contributed by atoms with Gasteiger partial charge in [0.15, 0.2) is 0 Å². The second-order valence-corrected chi connectivity index (χ2v) is 1.34. The summed E-state index contributed by atoms with van der Waals surface area (Å²) in [5, 5.41) is 0. The van der Waals surface area contributed by atoms with Gasteiger partial charge in [0.25, 0.3) is 0 Å². The van der Waals surface area contributed by atoms with Gasteiger partial charge in [-0.2, -0.15) is 8.42 Å². The van der Waals surface area contributed by atoms with Crippen molar-refractivity contribution in [1.29, 1.82) is 0 Å². The molecule has 0 aliphatic heterocycles. The molecule has 4 nitrogen and oxygen atoms in total. The summed E-state index contributed by atoms with van der Waals surface area (Å²) in [5.41, 5.74) is 0. The number of rotatable bonds is 0. The minimum absolute atomic E-state index is 0. The molecule has 8 heteroatoms. The van der Waals surface area contributed by atoms with Crippen LogP contribution in [-0.4, -0.2) is 55.3 Å². The van der Waals surface area contributed by atoms with Crippen molar-refractivity contribution < 1.29 is 37.4 Å². The molecule has 51 valence electrons. The molecule has 8 heavy (non-hydrogen) atoms. The first kappa shape index (κ1) is 22.5. The molecule has 0 rings (SSSR count). The van der Waals surface area contributed by atoms with Crippen molar-refractivity contribution in [2.45, 2.75) is 0 Å². The minimum Gasteiger partial charge on any atom is -1.00 e. The molecule has 0 saturated carbocycles. The van der Waals surface area contributed by atoms with E-state index in [4.69, 9.17) is 17.5 Å². The Balaban J connectivity index is -0.00000000800. The Hall–Kier alpha value is 1.94. The van der Waals surface area contributed by atoms with E-state index in [9.17, 15) is 0 Å². The summed E-state index contributed by atoms with van der Waals surface area (Å²) in [4.78, 5) is 0. The molecule has 0 unspecified atom stereocenters. The van der Waals surface area contributed by atoms with E-state index in [0.717, 1.165) is 0 Å². The Labute approximate surface area is 96.8 Å². The van der Waals surface area contributed by atoms with Gasteiger partial charge in [-0.05, 0) is 0 Å². The van der Waals surface area contributed by atoms with E-state index >= 15 is 0 Å². The van der Waals surface area contributed by atoms with Crippen molar-refractivity contribution in [1.82, 2.24) is 0 Å². The van der Waals surface area contributed by atoms with Crippen LogP contribution in [0.15, 0.2) is 0 Å². The third-order valence-electron chi connectivity index (χ3n) is 0. The van der Waals surface area contributed by atoms with Crippen LogP contribution >= 0.6 is 12.4 Å². The summed E-state index contributed by atoms with van der Waals surface area (Å²) in [6.45, 7) is 0. The Morgan fingerprint density at radius 3 is 1.25 bits per heavy atom. The fourth-order valence-electron chi connectivity index (χ4n) is 0. The Morgan fingerprint density at radius 2 is 1.25 bits per heavy atom. The summed E-state index contributed by atoms with van der Waals surface area (Å²) in [6.07, 6.45) is 0. The van der Waals surface area contributed by atoms with E-state index in [1.54, 1.807) is 0 Å². The van der Waals surface area contributed by atoms with Crippen molar-refractivity contribution in [2.75, 3.05) is 0 Å². The van der Waals surface area contributed by atoms with E-state index < -0.39 is 10.4 Å². The average molecular weight is 232 g/mol. The first-order valence-electron chi connectivity index (χ1n) is 0.698. The average Bonchev–Trinajstić information content (AvgIpc) is 0.722. The maximum atomic E-state index is 8.74. The van der Waals surface area contributed by atoms with Gasteiger partial charge in [0.1, 0.15) is 0 Å². The Morgan fingerprint density at radius 1 is 1.25 bits per heavy atom. The molecular weight excluding hydrogens is 227 g/mol. The monoisotopic (exact) mass is 231 g/mol. The van der Waals surface area contributed by atoms with Crippen LogP contribution in [0.4, 0.5) is 0 Å². The van der Waals surface area contributed by atoms with E-state index in [1.807, 2.05) is 0 Å². The van der Waals surface area contributed by atoms with E-state index in [2.05, 4.69) is 0 Å². The molecule has 0 atom stereocenters. The molecule has 0 amide bonds. The second kappa shape index (κ2) is 8.94. The third-order valence-corrected chi connectivity index (χ3v) is 0. The van der Waals surface area contributed by atoms with E-state index in [-0.39, 0.29) is 70.1 Å². The van der Waals surface area contributed by atoms with Crippen molar-refractivity contribution in [3.8, 4) is 0 Å². The van der Waals surface area contributed by atoms with Crippen LogP contribution in [0.1, 0.15) is 2.85 Å². The van der Waals surface area contributed by atoms with Gasteiger partial charge in [-0.15, -0.1) is 12.4 Å². The Bertz CT molecular complexity index is 106. The van der Waals surface area contributed by atoms with Crippen LogP contribution in [-0.2, 0) is 27.5 Å². The molecule has 0 spiro atoms. The quantitative estimate of drug-likeness (QED) is 0.440. The van der Waals surface area contributed by atoms with Crippen molar-refractivity contribution in [2.24, 2.45) is 0 Å². The predicted octanol–water partition coefficient (Wildman–Crippen LogP) is -0.389. The molecule has 2 N–H and O–H groups in total. The molecule has 0 fully saturated rings. The summed E-state index contributed by atoms with van der Waals surface area (Å²) in [5.74, 6) is 0. The zero-order valence-corrected chi connectivity index (χ0v) is 8.63. The van der Waals surface area contributed by atoms with Crippen molar-refractivity contribution >= 4 is 60.5 Å².